The van der Waals surface area contributed by atoms with E-state index in [2.05, 4.69) is 4.98 Å². The van der Waals surface area contributed by atoms with Gasteiger partial charge in [0.25, 0.3) is 0 Å². The number of hydrogen-bond acceptors (Lipinski definition) is 3. The van der Waals surface area contributed by atoms with Gasteiger partial charge in [-0.15, -0.1) is 0 Å². The van der Waals surface area contributed by atoms with Gasteiger partial charge in [0, 0.05) is 18.3 Å². The molecule has 0 amide bonds. The van der Waals surface area contributed by atoms with E-state index in [0.717, 1.165) is 17.7 Å². The van der Waals surface area contributed by atoms with Gasteiger partial charge in [-0.1, -0.05) is 6.07 Å². The van der Waals surface area contributed by atoms with Gasteiger partial charge >= 0.3 is 0 Å². The van der Waals surface area contributed by atoms with E-state index in [1.807, 2.05) is 19.0 Å². The van der Waals surface area contributed by atoms with Crippen molar-refractivity contribution in [3.63, 3.8) is 0 Å². The highest BCUT2D eigenvalue weighted by atomic mass is 19.1. The van der Waals surface area contributed by atoms with Crippen LogP contribution in [0.2, 0.25) is 0 Å². The Bertz CT molecular complexity index is 570. The predicted octanol–water partition coefficient (Wildman–Crippen LogP) is 2.44. The summed E-state index contributed by atoms with van der Waals surface area (Å²) in [5.41, 5.74) is 2.76. The molecule has 3 nitrogen and oxygen atoms in total. The maximum absolute atomic E-state index is 13.9. The van der Waals surface area contributed by atoms with Gasteiger partial charge in [0.1, 0.15) is 5.82 Å². The third-order valence-electron chi connectivity index (χ3n) is 2.81. The number of nitrogens with zero attached hydrogens (tertiary/aromatic N) is 2. The zero-order chi connectivity index (χ0) is 13.8. The van der Waals surface area contributed by atoms with Crippen LogP contribution in [0, 0.1) is 5.82 Å². The molecule has 0 aliphatic rings. The molecule has 0 fully saturated rings. The van der Waals surface area contributed by atoms with Crippen molar-refractivity contribution in [2.45, 2.75) is 13.2 Å². The molecule has 0 aliphatic heterocycles. The predicted molar refractivity (Wildman–Crippen MR) is 72.9 cm³/mol. The number of pyridine rings is 1. The van der Waals surface area contributed by atoms with Crippen LogP contribution in [0.15, 0.2) is 36.5 Å². The lowest BCUT2D eigenvalue weighted by molar-refractivity contribution is 0.282. The Hall–Kier alpha value is -1.78. The Kier molecular flexibility index (Phi) is 4.24. The van der Waals surface area contributed by atoms with Crippen LogP contribution in [0.5, 0.6) is 0 Å². The molecule has 0 saturated carbocycles. The maximum atomic E-state index is 13.9. The van der Waals surface area contributed by atoms with E-state index in [0.29, 0.717) is 11.3 Å². The molecule has 19 heavy (non-hydrogen) atoms. The summed E-state index contributed by atoms with van der Waals surface area (Å²) in [6.45, 7) is 0.668. The van der Waals surface area contributed by atoms with E-state index in [1.54, 1.807) is 30.5 Å². The quantitative estimate of drug-likeness (QED) is 0.917. The molecule has 2 aromatic rings. The molecule has 0 unspecified atom stereocenters. The molecule has 0 bridgehead atoms. The lowest BCUT2D eigenvalue weighted by Crippen LogP contribution is -2.10. The summed E-state index contributed by atoms with van der Waals surface area (Å²) in [6, 6.07) is 8.46. The van der Waals surface area contributed by atoms with Crippen LogP contribution in [0.3, 0.4) is 0 Å². The van der Waals surface area contributed by atoms with Crippen LogP contribution >= 0.6 is 0 Å². The minimum atomic E-state index is -0.301. The van der Waals surface area contributed by atoms with Gasteiger partial charge < -0.3 is 10.0 Å². The van der Waals surface area contributed by atoms with Crippen LogP contribution in [0.4, 0.5) is 4.39 Å². The van der Waals surface area contributed by atoms with Crippen LogP contribution < -0.4 is 0 Å². The Labute approximate surface area is 112 Å². The van der Waals surface area contributed by atoms with Crippen molar-refractivity contribution in [2.24, 2.45) is 0 Å². The van der Waals surface area contributed by atoms with Gasteiger partial charge in [0.05, 0.1) is 12.3 Å². The van der Waals surface area contributed by atoms with Crippen molar-refractivity contribution in [1.29, 1.82) is 0 Å². The Morgan fingerprint density at radius 1 is 1.16 bits per heavy atom. The van der Waals surface area contributed by atoms with E-state index >= 15 is 0 Å². The summed E-state index contributed by atoms with van der Waals surface area (Å²) in [5, 5.41) is 9.12. The fourth-order valence-electron chi connectivity index (χ4n) is 1.95. The smallest absolute Gasteiger partial charge is 0.132 e. The molecular weight excluding hydrogens is 243 g/mol. The standard InChI is InChI=1S/C15H17FN2O/c1-18(2)9-11-3-4-14(16)13(7-11)15-8-12(10-19)5-6-17-15/h3-8,19H,9-10H2,1-2H3. The van der Waals surface area contributed by atoms with Crippen LogP contribution in [0.25, 0.3) is 11.3 Å². The average molecular weight is 260 g/mol. The van der Waals surface area contributed by atoms with Gasteiger partial charge in [-0.25, -0.2) is 4.39 Å². The van der Waals surface area contributed by atoms with Gasteiger partial charge in [-0.05, 0) is 49.5 Å². The van der Waals surface area contributed by atoms with E-state index in [9.17, 15) is 4.39 Å². The second-order valence-corrected chi connectivity index (χ2v) is 4.76. The molecule has 0 spiro atoms. The molecule has 0 aliphatic carbocycles. The van der Waals surface area contributed by atoms with Gasteiger partial charge in [-0.3, -0.25) is 4.98 Å². The molecule has 4 heteroatoms. The highest BCUT2D eigenvalue weighted by Gasteiger charge is 2.08. The van der Waals surface area contributed by atoms with Crippen LogP contribution in [0.1, 0.15) is 11.1 Å². The summed E-state index contributed by atoms with van der Waals surface area (Å²) in [4.78, 5) is 6.20. The molecule has 2 rings (SSSR count). The molecule has 0 saturated heterocycles. The first-order chi connectivity index (χ1) is 9.10. The van der Waals surface area contributed by atoms with E-state index in [-0.39, 0.29) is 12.4 Å². The second kappa shape index (κ2) is 5.91. The first kappa shape index (κ1) is 13.6. The summed E-state index contributed by atoms with van der Waals surface area (Å²) in [6.07, 6.45) is 1.58. The van der Waals surface area contributed by atoms with Crippen LogP contribution in [-0.4, -0.2) is 29.1 Å². The fraction of sp³-hybridized carbons (Fsp3) is 0.267. The molecule has 0 radical (unpaired) electrons. The van der Waals surface area contributed by atoms with Crippen molar-refractivity contribution in [1.82, 2.24) is 9.88 Å². The molecule has 1 N–H and O–H groups in total. The number of aliphatic hydroxyl groups excluding tert-OH is 1. The summed E-state index contributed by atoms with van der Waals surface area (Å²) < 4.78 is 13.9. The number of hydrogen-bond donors (Lipinski definition) is 1. The van der Waals surface area contributed by atoms with E-state index < -0.39 is 0 Å². The maximum Gasteiger partial charge on any atom is 0.132 e. The normalized spacial score (nSPS) is 11.0. The highest BCUT2D eigenvalue weighted by molar-refractivity contribution is 5.61. The molecule has 0 atom stereocenters. The SMILES string of the molecule is CN(C)Cc1ccc(F)c(-c2cc(CO)ccn2)c1. The lowest BCUT2D eigenvalue weighted by Gasteiger charge is -2.11. The average Bonchev–Trinajstić information content (AvgIpc) is 2.40. The van der Waals surface area contributed by atoms with Crippen molar-refractivity contribution >= 4 is 0 Å². The van der Waals surface area contributed by atoms with Gasteiger partial charge in [0.15, 0.2) is 0 Å². The van der Waals surface area contributed by atoms with E-state index in [4.69, 9.17) is 5.11 Å². The van der Waals surface area contributed by atoms with Gasteiger partial charge in [0.2, 0.25) is 0 Å². The second-order valence-electron chi connectivity index (χ2n) is 4.76. The topological polar surface area (TPSA) is 36.4 Å². The van der Waals surface area contributed by atoms with Crippen molar-refractivity contribution in [3.05, 3.63) is 53.5 Å². The van der Waals surface area contributed by atoms with Gasteiger partial charge in [-0.2, -0.15) is 0 Å². The Balaban J connectivity index is 2.42. The zero-order valence-electron chi connectivity index (χ0n) is 11.1. The molecular formula is C15H17FN2O. The van der Waals surface area contributed by atoms with E-state index in [1.165, 1.54) is 6.07 Å². The van der Waals surface area contributed by atoms with Crippen molar-refractivity contribution in [2.75, 3.05) is 14.1 Å². The number of aromatic nitrogens is 1. The fourth-order valence-corrected chi connectivity index (χ4v) is 1.95. The highest BCUT2D eigenvalue weighted by Crippen LogP contribution is 2.23. The number of aliphatic hydroxyl groups is 1. The zero-order valence-corrected chi connectivity index (χ0v) is 11.1. The minimum absolute atomic E-state index is 0.0749. The summed E-state index contributed by atoms with van der Waals surface area (Å²) >= 11 is 0. The number of rotatable bonds is 4. The monoisotopic (exact) mass is 260 g/mol. The largest absolute Gasteiger partial charge is 0.392 e. The lowest BCUT2D eigenvalue weighted by atomic mass is 10.1. The van der Waals surface area contributed by atoms with Crippen LogP contribution in [-0.2, 0) is 13.2 Å². The molecule has 1 heterocycles. The van der Waals surface area contributed by atoms with Crippen molar-refractivity contribution in [3.8, 4) is 11.3 Å². The molecule has 1 aromatic carbocycles. The molecule has 1 aromatic heterocycles. The molecule has 100 valence electrons. The summed E-state index contributed by atoms with van der Waals surface area (Å²) in [7, 11) is 3.93. The summed E-state index contributed by atoms with van der Waals surface area (Å²) in [5.74, 6) is -0.301. The third-order valence-corrected chi connectivity index (χ3v) is 2.81. The first-order valence-electron chi connectivity index (χ1n) is 6.09. The number of benzene rings is 1. The van der Waals surface area contributed by atoms with Crippen molar-refractivity contribution < 1.29 is 9.50 Å². The first-order valence-corrected chi connectivity index (χ1v) is 6.09. The Morgan fingerprint density at radius 2 is 1.95 bits per heavy atom. The number of halogens is 1. The Morgan fingerprint density at radius 3 is 2.63 bits per heavy atom. The third kappa shape index (κ3) is 3.36. The minimum Gasteiger partial charge on any atom is -0.392 e.